The number of hydrogen-bond donors (Lipinski definition) is 1. The Kier molecular flexibility index (Phi) is 7.13. The van der Waals surface area contributed by atoms with E-state index in [1.807, 2.05) is 13.8 Å². The molecule has 0 aliphatic carbocycles. The molecule has 1 amide bonds. The lowest BCUT2D eigenvalue weighted by molar-refractivity contribution is -0.0270. The van der Waals surface area contributed by atoms with Crippen molar-refractivity contribution in [3.63, 3.8) is 0 Å². The maximum atomic E-state index is 10.8. The van der Waals surface area contributed by atoms with Gasteiger partial charge < -0.3 is 14.8 Å². The van der Waals surface area contributed by atoms with E-state index in [9.17, 15) is 4.79 Å². The Bertz CT molecular complexity index is 202. The molecule has 0 heterocycles. The molecule has 0 aliphatic heterocycles. The molecule has 16 heavy (non-hydrogen) atoms. The average Bonchev–Trinajstić information content (AvgIpc) is 2.16. The van der Waals surface area contributed by atoms with Gasteiger partial charge >= 0.3 is 6.09 Å². The van der Waals surface area contributed by atoms with Crippen molar-refractivity contribution in [1.82, 2.24) is 5.32 Å². The second-order valence-corrected chi connectivity index (χ2v) is 4.96. The summed E-state index contributed by atoms with van der Waals surface area (Å²) in [5.74, 6) is 0.656. The Morgan fingerprint density at radius 1 is 1.38 bits per heavy atom. The third kappa shape index (κ3) is 8.53. The molecule has 0 atom stereocenters. The average molecular weight is 231 g/mol. The molecule has 0 saturated carbocycles. The zero-order chi connectivity index (χ0) is 12.6. The van der Waals surface area contributed by atoms with Crippen molar-refractivity contribution >= 4 is 6.09 Å². The zero-order valence-electron chi connectivity index (χ0n) is 11.1. The Morgan fingerprint density at radius 3 is 2.50 bits per heavy atom. The first kappa shape index (κ1) is 15.2. The molecule has 0 unspecified atom stereocenters. The van der Waals surface area contributed by atoms with Crippen LogP contribution in [0, 0.1) is 5.92 Å². The van der Waals surface area contributed by atoms with E-state index in [1.165, 1.54) is 7.11 Å². The maximum Gasteiger partial charge on any atom is 0.406 e. The molecule has 0 aliphatic rings. The summed E-state index contributed by atoms with van der Waals surface area (Å²) in [5, 5.41) is 2.65. The molecule has 4 heteroatoms. The van der Waals surface area contributed by atoms with E-state index >= 15 is 0 Å². The number of methoxy groups -OCH3 is 1. The zero-order valence-corrected chi connectivity index (χ0v) is 11.1. The summed E-state index contributed by atoms with van der Waals surface area (Å²) >= 11 is 0. The van der Waals surface area contributed by atoms with Gasteiger partial charge in [-0.25, -0.2) is 4.79 Å². The van der Waals surface area contributed by atoms with Crippen LogP contribution in [0.15, 0.2) is 0 Å². The number of carbonyl (C=O) groups excluding carboxylic acids is 1. The summed E-state index contributed by atoms with van der Waals surface area (Å²) in [7, 11) is 1.36. The molecule has 4 nitrogen and oxygen atoms in total. The van der Waals surface area contributed by atoms with Crippen LogP contribution in [-0.4, -0.2) is 32.0 Å². The quantitative estimate of drug-likeness (QED) is 0.732. The Morgan fingerprint density at radius 2 is 2.00 bits per heavy atom. The Balaban J connectivity index is 3.65. The normalized spacial score (nSPS) is 11.6. The van der Waals surface area contributed by atoms with Crippen molar-refractivity contribution in [2.24, 2.45) is 5.92 Å². The van der Waals surface area contributed by atoms with E-state index in [2.05, 4.69) is 23.9 Å². The molecule has 0 aromatic rings. The molecule has 0 spiro atoms. The smallest absolute Gasteiger partial charge is 0.406 e. The van der Waals surface area contributed by atoms with E-state index in [1.54, 1.807) is 0 Å². The van der Waals surface area contributed by atoms with Gasteiger partial charge in [-0.05, 0) is 32.6 Å². The SMILES string of the molecule is COC(=O)NCCC(C)(C)OCCC(C)C. The number of hydrogen-bond acceptors (Lipinski definition) is 3. The molecule has 0 radical (unpaired) electrons. The van der Waals surface area contributed by atoms with Crippen molar-refractivity contribution < 1.29 is 14.3 Å². The van der Waals surface area contributed by atoms with E-state index in [-0.39, 0.29) is 5.60 Å². The van der Waals surface area contributed by atoms with Crippen LogP contribution in [-0.2, 0) is 9.47 Å². The summed E-state index contributed by atoms with van der Waals surface area (Å²) in [6.07, 6.45) is 1.45. The van der Waals surface area contributed by atoms with Crippen LogP contribution in [0.5, 0.6) is 0 Å². The summed E-state index contributed by atoms with van der Waals surface area (Å²) in [6.45, 7) is 9.76. The van der Waals surface area contributed by atoms with Gasteiger partial charge in [0, 0.05) is 13.2 Å². The topological polar surface area (TPSA) is 47.6 Å². The summed E-state index contributed by atoms with van der Waals surface area (Å²) in [5.41, 5.74) is -0.199. The number of nitrogens with one attached hydrogen (secondary N) is 1. The summed E-state index contributed by atoms with van der Waals surface area (Å²) in [6, 6.07) is 0. The number of ether oxygens (including phenoxy) is 2. The third-order valence-corrected chi connectivity index (χ3v) is 2.37. The fraction of sp³-hybridized carbons (Fsp3) is 0.917. The Hall–Kier alpha value is -0.770. The summed E-state index contributed by atoms with van der Waals surface area (Å²) < 4.78 is 10.3. The van der Waals surface area contributed by atoms with E-state index in [0.717, 1.165) is 19.4 Å². The van der Waals surface area contributed by atoms with Crippen LogP contribution >= 0.6 is 0 Å². The monoisotopic (exact) mass is 231 g/mol. The van der Waals surface area contributed by atoms with Crippen molar-refractivity contribution in [3.8, 4) is 0 Å². The molecule has 0 fully saturated rings. The predicted molar refractivity (Wildman–Crippen MR) is 64.5 cm³/mol. The number of alkyl carbamates (subject to hydrolysis) is 1. The van der Waals surface area contributed by atoms with E-state index < -0.39 is 6.09 Å². The van der Waals surface area contributed by atoms with Crippen LogP contribution in [0.1, 0.15) is 40.5 Å². The van der Waals surface area contributed by atoms with Gasteiger partial charge in [0.2, 0.25) is 0 Å². The highest BCUT2D eigenvalue weighted by molar-refractivity contribution is 5.66. The molecule has 0 bridgehead atoms. The molecule has 96 valence electrons. The maximum absolute atomic E-state index is 10.8. The van der Waals surface area contributed by atoms with Crippen molar-refractivity contribution in [3.05, 3.63) is 0 Å². The molecule has 1 N–H and O–H groups in total. The van der Waals surface area contributed by atoms with Crippen LogP contribution in [0.2, 0.25) is 0 Å². The highest BCUT2D eigenvalue weighted by Crippen LogP contribution is 2.15. The van der Waals surface area contributed by atoms with Crippen LogP contribution in [0.3, 0.4) is 0 Å². The van der Waals surface area contributed by atoms with Crippen molar-refractivity contribution in [1.29, 1.82) is 0 Å². The van der Waals surface area contributed by atoms with Crippen LogP contribution in [0.4, 0.5) is 4.79 Å². The summed E-state index contributed by atoms with van der Waals surface area (Å²) in [4.78, 5) is 10.8. The molecular formula is C12H25NO3. The number of carbonyl (C=O) groups is 1. The van der Waals surface area contributed by atoms with Gasteiger partial charge in [-0.15, -0.1) is 0 Å². The van der Waals surface area contributed by atoms with Gasteiger partial charge in [0.05, 0.1) is 12.7 Å². The van der Waals surface area contributed by atoms with E-state index in [4.69, 9.17) is 4.74 Å². The minimum atomic E-state index is -0.391. The van der Waals surface area contributed by atoms with Gasteiger partial charge in [-0.2, -0.15) is 0 Å². The largest absolute Gasteiger partial charge is 0.453 e. The van der Waals surface area contributed by atoms with Crippen molar-refractivity contribution in [2.75, 3.05) is 20.3 Å². The molecule has 0 saturated heterocycles. The standard InChI is InChI=1S/C12H25NO3/c1-10(2)6-9-16-12(3,4)7-8-13-11(14)15-5/h10H,6-9H2,1-5H3,(H,13,14). The van der Waals surface area contributed by atoms with Gasteiger partial charge in [0.25, 0.3) is 0 Å². The Labute approximate surface area is 98.7 Å². The first-order chi connectivity index (χ1) is 7.37. The first-order valence-corrected chi connectivity index (χ1v) is 5.83. The fourth-order valence-corrected chi connectivity index (χ4v) is 1.18. The van der Waals surface area contributed by atoms with Gasteiger partial charge in [0.1, 0.15) is 0 Å². The predicted octanol–water partition coefficient (Wildman–Crippen LogP) is 2.57. The van der Waals surface area contributed by atoms with Crippen molar-refractivity contribution in [2.45, 2.75) is 46.1 Å². The second-order valence-electron chi connectivity index (χ2n) is 4.96. The third-order valence-electron chi connectivity index (χ3n) is 2.37. The first-order valence-electron chi connectivity index (χ1n) is 5.83. The lowest BCUT2D eigenvalue weighted by atomic mass is 10.0. The lowest BCUT2D eigenvalue weighted by Gasteiger charge is -2.25. The van der Waals surface area contributed by atoms with Crippen LogP contribution in [0.25, 0.3) is 0 Å². The van der Waals surface area contributed by atoms with Gasteiger partial charge in [0.15, 0.2) is 0 Å². The number of amides is 1. The second kappa shape index (κ2) is 7.49. The molecule has 0 rings (SSSR count). The van der Waals surface area contributed by atoms with Crippen LogP contribution < -0.4 is 5.32 Å². The fourth-order valence-electron chi connectivity index (χ4n) is 1.18. The highest BCUT2D eigenvalue weighted by atomic mass is 16.5. The van der Waals surface area contributed by atoms with E-state index in [0.29, 0.717) is 12.5 Å². The molecule has 0 aromatic carbocycles. The lowest BCUT2D eigenvalue weighted by Crippen LogP contribution is -2.33. The highest BCUT2D eigenvalue weighted by Gasteiger charge is 2.18. The molecule has 0 aromatic heterocycles. The number of rotatable bonds is 7. The minimum Gasteiger partial charge on any atom is -0.453 e. The van der Waals surface area contributed by atoms with Gasteiger partial charge in [-0.1, -0.05) is 13.8 Å². The molecular weight excluding hydrogens is 206 g/mol. The minimum absolute atomic E-state index is 0.199. The van der Waals surface area contributed by atoms with Gasteiger partial charge in [-0.3, -0.25) is 0 Å².